The zero-order valence-corrected chi connectivity index (χ0v) is 9.67. The Morgan fingerprint density at radius 3 is 2.64 bits per heavy atom. The highest BCUT2D eigenvalue weighted by Crippen LogP contribution is 2.04. The molecule has 0 aliphatic rings. The van der Waals surface area contributed by atoms with Gasteiger partial charge in [-0.05, 0) is 26.8 Å². The van der Waals surface area contributed by atoms with Crippen molar-refractivity contribution in [2.24, 2.45) is 0 Å². The molecule has 0 spiro atoms. The molecule has 0 unspecified atom stereocenters. The molecule has 0 amide bonds. The van der Waals surface area contributed by atoms with Gasteiger partial charge in [0.2, 0.25) is 0 Å². The van der Waals surface area contributed by atoms with Gasteiger partial charge in [-0.25, -0.2) is 4.98 Å². The summed E-state index contributed by atoms with van der Waals surface area (Å²) in [4.78, 5) is 4.27. The second-order valence-electron chi connectivity index (χ2n) is 4.07. The third-order valence-electron chi connectivity index (χ3n) is 2.47. The van der Waals surface area contributed by atoms with E-state index in [-0.39, 0.29) is 0 Å². The first-order valence-corrected chi connectivity index (χ1v) is 5.33. The van der Waals surface area contributed by atoms with Crippen LogP contribution in [0.4, 0.5) is 0 Å². The van der Waals surface area contributed by atoms with Crippen molar-refractivity contribution >= 4 is 0 Å². The number of nitrogens with one attached hydrogen (secondary N) is 1. The Bertz CT molecular complexity index is 276. The van der Waals surface area contributed by atoms with E-state index < -0.39 is 0 Å². The summed E-state index contributed by atoms with van der Waals surface area (Å²) < 4.78 is 2.22. The molecule has 0 aliphatic carbocycles. The zero-order chi connectivity index (χ0) is 10.6. The zero-order valence-electron chi connectivity index (χ0n) is 9.67. The van der Waals surface area contributed by atoms with Crippen LogP contribution in [0.1, 0.15) is 31.7 Å². The Morgan fingerprint density at radius 1 is 1.43 bits per heavy atom. The van der Waals surface area contributed by atoms with Crippen LogP contribution >= 0.6 is 0 Å². The summed E-state index contributed by atoms with van der Waals surface area (Å²) in [5.41, 5.74) is 2.43. The number of hydrogen-bond donors (Lipinski definition) is 1. The smallest absolute Gasteiger partial charge is 0.0951 e. The molecule has 0 bridgehead atoms. The lowest BCUT2D eigenvalue weighted by molar-refractivity contribution is 0.532. The van der Waals surface area contributed by atoms with E-state index in [1.165, 1.54) is 5.69 Å². The quantitative estimate of drug-likeness (QED) is 0.727. The van der Waals surface area contributed by atoms with Crippen molar-refractivity contribution in [3.63, 3.8) is 0 Å². The SMILES string of the molecule is Cc1ncn(CCCNC(C)C)c1C. The van der Waals surface area contributed by atoms with E-state index in [2.05, 4.69) is 42.6 Å². The van der Waals surface area contributed by atoms with Crippen LogP contribution in [-0.2, 0) is 6.54 Å². The van der Waals surface area contributed by atoms with Gasteiger partial charge >= 0.3 is 0 Å². The van der Waals surface area contributed by atoms with Crippen LogP contribution < -0.4 is 5.32 Å². The Hall–Kier alpha value is -0.830. The standard InChI is InChI=1S/C11H21N3/c1-9(2)12-6-5-7-14-8-13-10(3)11(14)4/h8-9,12H,5-7H2,1-4H3. The largest absolute Gasteiger partial charge is 0.335 e. The van der Waals surface area contributed by atoms with Gasteiger partial charge in [0, 0.05) is 18.3 Å². The van der Waals surface area contributed by atoms with Crippen LogP contribution in [0.3, 0.4) is 0 Å². The molecule has 80 valence electrons. The number of nitrogens with zero attached hydrogens (tertiary/aromatic N) is 2. The van der Waals surface area contributed by atoms with Gasteiger partial charge in [-0.3, -0.25) is 0 Å². The monoisotopic (exact) mass is 195 g/mol. The van der Waals surface area contributed by atoms with Crippen LogP contribution in [-0.4, -0.2) is 22.1 Å². The number of rotatable bonds is 5. The van der Waals surface area contributed by atoms with E-state index in [1.54, 1.807) is 0 Å². The highest BCUT2D eigenvalue weighted by Gasteiger charge is 2.00. The number of hydrogen-bond acceptors (Lipinski definition) is 2. The van der Waals surface area contributed by atoms with Gasteiger partial charge in [0.15, 0.2) is 0 Å². The van der Waals surface area contributed by atoms with Gasteiger partial charge < -0.3 is 9.88 Å². The average molecular weight is 195 g/mol. The highest BCUT2D eigenvalue weighted by molar-refractivity contribution is 5.08. The molecule has 1 rings (SSSR count). The molecule has 0 radical (unpaired) electrons. The predicted octanol–water partition coefficient (Wildman–Crippen LogP) is 1.89. The third kappa shape index (κ3) is 3.14. The number of aromatic nitrogens is 2. The van der Waals surface area contributed by atoms with Crippen molar-refractivity contribution in [1.82, 2.24) is 14.9 Å². The van der Waals surface area contributed by atoms with Crippen LogP contribution in [0.5, 0.6) is 0 Å². The third-order valence-corrected chi connectivity index (χ3v) is 2.47. The fourth-order valence-corrected chi connectivity index (χ4v) is 1.41. The minimum absolute atomic E-state index is 0.584. The minimum atomic E-state index is 0.584. The summed E-state index contributed by atoms with van der Waals surface area (Å²) in [5.74, 6) is 0. The Balaban J connectivity index is 2.28. The maximum atomic E-state index is 4.27. The van der Waals surface area contributed by atoms with Crippen molar-refractivity contribution < 1.29 is 0 Å². The average Bonchev–Trinajstić information content (AvgIpc) is 2.43. The van der Waals surface area contributed by atoms with E-state index in [4.69, 9.17) is 0 Å². The Kier molecular flexibility index (Phi) is 4.14. The fourth-order valence-electron chi connectivity index (χ4n) is 1.41. The summed E-state index contributed by atoms with van der Waals surface area (Å²) >= 11 is 0. The number of imidazole rings is 1. The summed E-state index contributed by atoms with van der Waals surface area (Å²) in [6, 6.07) is 0.584. The van der Waals surface area contributed by atoms with E-state index in [0.29, 0.717) is 6.04 Å². The predicted molar refractivity (Wildman–Crippen MR) is 59.5 cm³/mol. The Labute approximate surface area is 86.5 Å². The molecule has 0 aliphatic heterocycles. The second kappa shape index (κ2) is 5.15. The molecule has 14 heavy (non-hydrogen) atoms. The molecule has 1 aromatic rings. The molecule has 1 aromatic heterocycles. The normalized spacial score (nSPS) is 11.2. The van der Waals surface area contributed by atoms with E-state index in [1.807, 2.05) is 6.33 Å². The number of aryl methyl sites for hydroxylation is 2. The van der Waals surface area contributed by atoms with Crippen LogP contribution in [0, 0.1) is 13.8 Å². The van der Waals surface area contributed by atoms with E-state index in [0.717, 1.165) is 25.2 Å². The molecule has 0 fully saturated rings. The van der Waals surface area contributed by atoms with Crippen LogP contribution in [0.2, 0.25) is 0 Å². The lowest BCUT2D eigenvalue weighted by Crippen LogP contribution is -2.24. The van der Waals surface area contributed by atoms with Gasteiger partial charge in [-0.1, -0.05) is 13.8 Å². The Morgan fingerprint density at radius 2 is 2.14 bits per heavy atom. The van der Waals surface area contributed by atoms with Gasteiger partial charge in [0.05, 0.1) is 12.0 Å². The fraction of sp³-hybridized carbons (Fsp3) is 0.727. The van der Waals surface area contributed by atoms with Crippen molar-refractivity contribution in [3.8, 4) is 0 Å². The summed E-state index contributed by atoms with van der Waals surface area (Å²) in [7, 11) is 0. The summed E-state index contributed by atoms with van der Waals surface area (Å²) in [5, 5.41) is 3.41. The molecular weight excluding hydrogens is 174 g/mol. The molecule has 0 aromatic carbocycles. The minimum Gasteiger partial charge on any atom is -0.335 e. The highest BCUT2D eigenvalue weighted by atomic mass is 15.1. The molecule has 0 atom stereocenters. The van der Waals surface area contributed by atoms with E-state index in [9.17, 15) is 0 Å². The molecule has 3 heteroatoms. The maximum Gasteiger partial charge on any atom is 0.0951 e. The molecule has 3 nitrogen and oxygen atoms in total. The first-order valence-electron chi connectivity index (χ1n) is 5.33. The topological polar surface area (TPSA) is 29.9 Å². The molecule has 0 saturated carbocycles. The lowest BCUT2D eigenvalue weighted by Gasteiger charge is -2.09. The van der Waals surface area contributed by atoms with Crippen LogP contribution in [0.25, 0.3) is 0 Å². The molecular formula is C11H21N3. The maximum absolute atomic E-state index is 4.27. The van der Waals surface area contributed by atoms with Crippen molar-refractivity contribution in [1.29, 1.82) is 0 Å². The first-order chi connectivity index (χ1) is 6.61. The molecule has 0 saturated heterocycles. The van der Waals surface area contributed by atoms with Crippen molar-refractivity contribution in [3.05, 3.63) is 17.7 Å². The van der Waals surface area contributed by atoms with Gasteiger partial charge in [0.1, 0.15) is 0 Å². The molecule has 1 N–H and O–H groups in total. The summed E-state index contributed by atoms with van der Waals surface area (Å²) in [6.07, 6.45) is 3.09. The first kappa shape index (κ1) is 11.2. The summed E-state index contributed by atoms with van der Waals surface area (Å²) in [6.45, 7) is 10.7. The van der Waals surface area contributed by atoms with Crippen molar-refractivity contribution in [2.75, 3.05) is 6.54 Å². The van der Waals surface area contributed by atoms with Gasteiger partial charge in [0.25, 0.3) is 0 Å². The van der Waals surface area contributed by atoms with Crippen molar-refractivity contribution in [2.45, 2.75) is 46.7 Å². The van der Waals surface area contributed by atoms with Gasteiger partial charge in [-0.15, -0.1) is 0 Å². The van der Waals surface area contributed by atoms with Crippen LogP contribution in [0.15, 0.2) is 6.33 Å². The van der Waals surface area contributed by atoms with Gasteiger partial charge in [-0.2, -0.15) is 0 Å². The lowest BCUT2D eigenvalue weighted by atomic mass is 10.3. The second-order valence-corrected chi connectivity index (χ2v) is 4.07. The molecule has 1 heterocycles. The van der Waals surface area contributed by atoms with E-state index >= 15 is 0 Å².